The third kappa shape index (κ3) is 5.81. The number of guanidine groups is 1. The monoisotopic (exact) mass is 411 g/mol. The molecule has 2 aromatic rings. The summed E-state index contributed by atoms with van der Waals surface area (Å²) in [4.78, 5) is 6.89. The Kier molecular flexibility index (Phi) is 8.68. The number of hydrogen-bond acceptors (Lipinski definition) is 4. The van der Waals surface area contributed by atoms with E-state index in [-0.39, 0.29) is 0 Å². The Morgan fingerprint density at radius 2 is 1.90 bits per heavy atom. The lowest BCUT2D eigenvalue weighted by Crippen LogP contribution is -2.43. The number of nitrogens with one attached hydrogen (secondary N) is 2. The molecule has 3 rings (SSSR count). The molecule has 164 valence electrons. The van der Waals surface area contributed by atoms with E-state index >= 15 is 0 Å². The molecule has 1 aromatic carbocycles. The highest BCUT2D eigenvalue weighted by molar-refractivity contribution is 5.79. The number of benzene rings is 1. The van der Waals surface area contributed by atoms with E-state index in [0.29, 0.717) is 6.04 Å². The minimum atomic E-state index is 0.312. The molecule has 0 aliphatic carbocycles. The van der Waals surface area contributed by atoms with Crippen molar-refractivity contribution in [1.82, 2.24) is 30.3 Å². The fourth-order valence-electron chi connectivity index (χ4n) is 4.23. The van der Waals surface area contributed by atoms with E-state index in [4.69, 9.17) is 0 Å². The molecule has 0 spiro atoms. The molecule has 2 N–H and O–H groups in total. The number of aryl methyl sites for hydroxylation is 1. The van der Waals surface area contributed by atoms with Crippen LogP contribution in [0.5, 0.6) is 0 Å². The number of aliphatic imine (C=N–C) groups is 1. The minimum Gasteiger partial charge on any atom is -0.356 e. The number of fused-ring (bicyclic) bond motifs is 1. The van der Waals surface area contributed by atoms with Crippen LogP contribution in [0.1, 0.15) is 56.4 Å². The topological polar surface area (TPSA) is 70.4 Å². The van der Waals surface area contributed by atoms with Crippen LogP contribution in [0.15, 0.2) is 35.3 Å². The summed E-state index contributed by atoms with van der Waals surface area (Å²) in [5.74, 6) is 3.06. The van der Waals surface area contributed by atoms with Crippen molar-refractivity contribution in [2.24, 2.45) is 4.99 Å². The Bertz CT molecular complexity index is 780. The zero-order chi connectivity index (χ0) is 21.2. The summed E-state index contributed by atoms with van der Waals surface area (Å²) in [5.41, 5.74) is 1.33. The Labute approximate surface area is 181 Å². The molecule has 0 saturated heterocycles. The van der Waals surface area contributed by atoms with Crippen molar-refractivity contribution in [3.8, 4) is 0 Å². The van der Waals surface area contributed by atoms with Crippen molar-refractivity contribution >= 4 is 5.96 Å². The highest BCUT2D eigenvalue weighted by Gasteiger charge is 2.18. The fraction of sp³-hybridized carbons (Fsp3) is 0.609. The Morgan fingerprint density at radius 1 is 1.10 bits per heavy atom. The highest BCUT2D eigenvalue weighted by atomic mass is 15.3. The first-order chi connectivity index (χ1) is 14.8. The van der Waals surface area contributed by atoms with Crippen LogP contribution >= 0.6 is 0 Å². The molecule has 1 atom stereocenters. The molecule has 1 aliphatic rings. The van der Waals surface area contributed by atoms with Crippen LogP contribution in [0.3, 0.4) is 0 Å². The van der Waals surface area contributed by atoms with E-state index in [0.717, 1.165) is 63.2 Å². The van der Waals surface area contributed by atoms with E-state index in [1.807, 2.05) is 7.05 Å². The largest absolute Gasteiger partial charge is 0.356 e. The van der Waals surface area contributed by atoms with Gasteiger partial charge in [0.1, 0.15) is 11.6 Å². The van der Waals surface area contributed by atoms with Gasteiger partial charge in [-0.15, -0.1) is 10.2 Å². The number of likely N-dealkylation sites (N-methyl/N-ethyl adjacent to an activating group) is 1. The first kappa shape index (κ1) is 22.3. The average Bonchev–Trinajstić information content (AvgIpc) is 3.01. The smallest absolute Gasteiger partial charge is 0.191 e. The molecule has 1 unspecified atom stereocenters. The molecule has 0 radical (unpaired) electrons. The van der Waals surface area contributed by atoms with E-state index in [1.165, 1.54) is 24.8 Å². The second-order valence-electron chi connectivity index (χ2n) is 7.77. The molecule has 7 nitrogen and oxygen atoms in total. The molecule has 30 heavy (non-hydrogen) atoms. The van der Waals surface area contributed by atoms with Gasteiger partial charge in [-0.05, 0) is 31.5 Å². The van der Waals surface area contributed by atoms with Crippen molar-refractivity contribution in [1.29, 1.82) is 0 Å². The van der Waals surface area contributed by atoms with E-state index < -0.39 is 0 Å². The summed E-state index contributed by atoms with van der Waals surface area (Å²) in [7, 11) is 1.83. The summed E-state index contributed by atoms with van der Waals surface area (Å²) in [5, 5.41) is 15.8. The van der Waals surface area contributed by atoms with Crippen LogP contribution < -0.4 is 10.6 Å². The van der Waals surface area contributed by atoms with Gasteiger partial charge in [0.2, 0.25) is 0 Å². The Morgan fingerprint density at radius 3 is 2.63 bits per heavy atom. The Hall–Kier alpha value is -2.41. The first-order valence-corrected chi connectivity index (χ1v) is 11.4. The van der Waals surface area contributed by atoms with Gasteiger partial charge in [0.15, 0.2) is 5.96 Å². The summed E-state index contributed by atoms with van der Waals surface area (Å²) in [6.45, 7) is 9.11. The normalized spacial score (nSPS) is 15.5. The minimum absolute atomic E-state index is 0.312. The zero-order valence-corrected chi connectivity index (χ0v) is 18.8. The van der Waals surface area contributed by atoms with Crippen LogP contribution in [0.25, 0.3) is 0 Å². The maximum atomic E-state index is 4.43. The van der Waals surface area contributed by atoms with Crippen molar-refractivity contribution in [3.05, 3.63) is 47.5 Å². The van der Waals surface area contributed by atoms with Crippen molar-refractivity contribution in [2.45, 2.75) is 58.5 Å². The molecule has 1 aliphatic heterocycles. The number of aromatic nitrogens is 3. The maximum Gasteiger partial charge on any atom is 0.191 e. The van der Waals surface area contributed by atoms with Crippen molar-refractivity contribution in [3.63, 3.8) is 0 Å². The van der Waals surface area contributed by atoms with Crippen molar-refractivity contribution in [2.75, 3.05) is 33.2 Å². The molecule has 0 bridgehead atoms. The second-order valence-corrected chi connectivity index (χ2v) is 7.77. The van der Waals surface area contributed by atoms with Gasteiger partial charge in [-0.1, -0.05) is 50.6 Å². The third-order valence-corrected chi connectivity index (χ3v) is 5.95. The van der Waals surface area contributed by atoms with Gasteiger partial charge in [-0.25, -0.2) is 0 Å². The first-order valence-electron chi connectivity index (χ1n) is 11.4. The number of rotatable bonds is 9. The van der Waals surface area contributed by atoms with Crippen molar-refractivity contribution < 1.29 is 0 Å². The van der Waals surface area contributed by atoms with Gasteiger partial charge in [-0.3, -0.25) is 9.89 Å². The van der Waals surface area contributed by atoms with E-state index in [1.54, 1.807) is 0 Å². The summed E-state index contributed by atoms with van der Waals surface area (Å²) >= 11 is 0. The molecule has 0 saturated carbocycles. The van der Waals surface area contributed by atoms with Gasteiger partial charge in [0.25, 0.3) is 0 Å². The lowest BCUT2D eigenvalue weighted by molar-refractivity contribution is 0.219. The molecule has 2 heterocycles. The predicted molar refractivity (Wildman–Crippen MR) is 123 cm³/mol. The second kappa shape index (κ2) is 11.7. The fourth-order valence-corrected chi connectivity index (χ4v) is 4.23. The van der Waals surface area contributed by atoms with Crippen LogP contribution in [-0.4, -0.2) is 58.9 Å². The van der Waals surface area contributed by atoms with Crippen LogP contribution in [0, 0.1) is 0 Å². The SMILES string of the molecule is CCN(CC)C(CNC(=NC)NCCc1nnc2n1CCCCC2)c1ccccc1. The van der Waals surface area contributed by atoms with Gasteiger partial charge in [0, 0.05) is 39.5 Å². The lowest BCUT2D eigenvalue weighted by Gasteiger charge is -2.30. The van der Waals surface area contributed by atoms with Crippen LogP contribution in [0.2, 0.25) is 0 Å². The van der Waals surface area contributed by atoms with Gasteiger partial charge < -0.3 is 15.2 Å². The molecular formula is C23H37N7. The summed E-state index contributed by atoms with van der Waals surface area (Å²) < 4.78 is 2.32. The lowest BCUT2D eigenvalue weighted by atomic mass is 10.1. The standard InChI is InChI=1S/C23H37N7/c1-4-29(5-2)20(19-12-8-6-9-13-19)18-26-23(24-3)25-16-15-22-28-27-21-14-10-7-11-17-30(21)22/h6,8-9,12-13,20H,4-5,7,10-11,14-18H2,1-3H3,(H2,24,25,26). The molecule has 0 amide bonds. The van der Waals surface area contributed by atoms with Gasteiger partial charge in [-0.2, -0.15) is 0 Å². The molecule has 0 fully saturated rings. The average molecular weight is 412 g/mol. The van der Waals surface area contributed by atoms with E-state index in [2.05, 4.69) is 79.5 Å². The molecule has 7 heteroatoms. The predicted octanol–water partition coefficient (Wildman–Crippen LogP) is 2.80. The van der Waals surface area contributed by atoms with E-state index in [9.17, 15) is 0 Å². The summed E-state index contributed by atoms with van der Waals surface area (Å²) in [6, 6.07) is 11.0. The zero-order valence-electron chi connectivity index (χ0n) is 18.8. The van der Waals surface area contributed by atoms with Crippen LogP contribution in [-0.2, 0) is 19.4 Å². The number of nitrogens with zero attached hydrogens (tertiary/aromatic N) is 5. The molecule has 1 aromatic heterocycles. The van der Waals surface area contributed by atoms with Gasteiger partial charge in [0.05, 0.1) is 6.04 Å². The number of hydrogen-bond donors (Lipinski definition) is 2. The molecular weight excluding hydrogens is 374 g/mol. The summed E-state index contributed by atoms with van der Waals surface area (Å²) in [6.07, 6.45) is 5.64. The van der Waals surface area contributed by atoms with Gasteiger partial charge >= 0.3 is 0 Å². The van der Waals surface area contributed by atoms with Crippen LogP contribution in [0.4, 0.5) is 0 Å². The maximum absolute atomic E-state index is 4.43. The Balaban J connectivity index is 1.54. The highest BCUT2D eigenvalue weighted by Crippen LogP contribution is 2.19. The third-order valence-electron chi connectivity index (χ3n) is 5.95. The quantitative estimate of drug-likeness (QED) is 0.490.